The van der Waals surface area contributed by atoms with E-state index in [0.717, 1.165) is 38.5 Å². The second kappa shape index (κ2) is 6.58. The molecule has 0 saturated heterocycles. The molecule has 0 spiro atoms. The molecule has 1 heteroatoms. The Morgan fingerprint density at radius 3 is 2.29 bits per heavy atom. The third-order valence-electron chi connectivity index (χ3n) is 2.71. The summed E-state index contributed by atoms with van der Waals surface area (Å²) in [6, 6.07) is 0. The monoisotopic (exact) mass is 192 g/mol. The van der Waals surface area contributed by atoms with E-state index in [4.69, 9.17) is 0 Å². The van der Waals surface area contributed by atoms with Gasteiger partial charge in [-0.2, -0.15) is 0 Å². The Hall–Kier alpha value is -0.850. The van der Waals surface area contributed by atoms with Gasteiger partial charge in [0.15, 0.2) is 0 Å². The molecule has 0 fully saturated rings. The van der Waals surface area contributed by atoms with Crippen molar-refractivity contribution in [2.45, 2.75) is 45.4 Å². The SMILES string of the molecule is CC1CC/C=C/CC/C=C/CCC1=O. The van der Waals surface area contributed by atoms with Crippen LogP contribution in [-0.4, -0.2) is 5.78 Å². The molecule has 0 aliphatic heterocycles. The fourth-order valence-electron chi connectivity index (χ4n) is 1.64. The van der Waals surface area contributed by atoms with E-state index in [1.165, 1.54) is 0 Å². The van der Waals surface area contributed by atoms with Crippen LogP contribution in [0.3, 0.4) is 0 Å². The molecule has 0 amide bonds. The summed E-state index contributed by atoms with van der Waals surface area (Å²) in [5.74, 6) is 0.663. The predicted octanol–water partition coefficient (Wildman–Crippen LogP) is 3.66. The minimum atomic E-state index is 0.243. The van der Waals surface area contributed by atoms with Crippen LogP contribution in [0.25, 0.3) is 0 Å². The second-order valence-electron chi connectivity index (χ2n) is 4.00. The summed E-state index contributed by atoms with van der Waals surface area (Å²) in [6.07, 6.45) is 14.7. The van der Waals surface area contributed by atoms with E-state index in [2.05, 4.69) is 24.3 Å². The topological polar surface area (TPSA) is 17.1 Å². The third kappa shape index (κ3) is 4.40. The van der Waals surface area contributed by atoms with Gasteiger partial charge in [0.2, 0.25) is 0 Å². The van der Waals surface area contributed by atoms with Crippen molar-refractivity contribution in [2.24, 2.45) is 5.92 Å². The lowest BCUT2D eigenvalue weighted by molar-refractivity contribution is -0.122. The Bertz CT molecular complexity index is 225. The highest BCUT2D eigenvalue weighted by Crippen LogP contribution is 2.12. The summed E-state index contributed by atoms with van der Waals surface area (Å²) >= 11 is 0. The van der Waals surface area contributed by atoms with Gasteiger partial charge in [0.05, 0.1) is 0 Å². The average molecular weight is 192 g/mol. The van der Waals surface area contributed by atoms with Crippen LogP contribution < -0.4 is 0 Å². The number of carbonyl (C=O) groups excluding carboxylic acids is 1. The maximum atomic E-state index is 11.6. The molecule has 14 heavy (non-hydrogen) atoms. The van der Waals surface area contributed by atoms with Gasteiger partial charge in [0.25, 0.3) is 0 Å². The van der Waals surface area contributed by atoms with Crippen LogP contribution in [0, 0.1) is 5.92 Å². The van der Waals surface area contributed by atoms with Crippen LogP contribution in [0.2, 0.25) is 0 Å². The molecule has 1 atom stereocenters. The van der Waals surface area contributed by atoms with Crippen molar-refractivity contribution in [1.29, 1.82) is 0 Å². The van der Waals surface area contributed by atoms with Crippen molar-refractivity contribution in [2.75, 3.05) is 0 Å². The molecule has 1 aliphatic rings. The zero-order valence-corrected chi connectivity index (χ0v) is 9.04. The molecule has 78 valence electrons. The van der Waals surface area contributed by atoms with E-state index in [-0.39, 0.29) is 5.92 Å². The Kier molecular flexibility index (Phi) is 5.28. The minimum absolute atomic E-state index is 0.243. The first-order valence-electron chi connectivity index (χ1n) is 5.63. The molecular formula is C13H20O. The average Bonchev–Trinajstić information content (AvgIpc) is 2.18. The van der Waals surface area contributed by atoms with Crippen molar-refractivity contribution in [3.63, 3.8) is 0 Å². The molecule has 0 aromatic rings. The van der Waals surface area contributed by atoms with E-state index >= 15 is 0 Å². The molecule has 0 radical (unpaired) electrons. The van der Waals surface area contributed by atoms with Gasteiger partial charge in [-0.15, -0.1) is 0 Å². The summed E-state index contributed by atoms with van der Waals surface area (Å²) in [5.41, 5.74) is 0. The molecule has 1 aliphatic carbocycles. The molecule has 0 aromatic heterocycles. The van der Waals surface area contributed by atoms with E-state index in [1.807, 2.05) is 6.92 Å². The molecule has 1 nitrogen and oxygen atoms in total. The van der Waals surface area contributed by atoms with Crippen LogP contribution in [0.15, 0.2) is 24.3 Å². The summed E-state index contributed by atoms with van der Waals surface area (Å²) in [5, 5.41) is 0. The van der Waals surface area contributed by atoms with E-state index in [1.54, 1.807) is 0 Å². The number of ketones is 1. The standard InChI is InChI=1S/C13H20O/c1-12-10-8-6-4-2-3-5-7-9-11-13(12)14/h4-7,12H,2-3,8-11H2,1H3/b6-4+,7-5+. The Labute approximate surface area is 86.9 Å². The quantitative estimate of drug-likeness (QED) is 0.535. The van der Waals surface area contributed by atoms with E-state index < -0.39 is 0 Å². The van der Waals surface area contributed by atoms with Crippen molar-refractivity contribution < 1.29 is 4.79 Å². The summed E-state index contributed by atoms with van der Waals surface area (Å²) < 4.78 is 0. The smallest absolute Gasteiger partial charge is 0.136 e. The molecule has 0 saturated carbocycles. The Balaban J connectivity index is 2.45. The van der Waals surface area contributed by atoms with Crippen LogP contribution in [0.1, 0.15) is 45.4 Å². The van der Waals surface area contributed by atoms with Gasteiger partial charge in [-0.05, 0) is 32.1 Å². The molecule has 1 unspecified atom stereocenters. The second-order valence-corrected chi connectivity index (χ2v) is 4.00. The number of hydrogen-bond acceptors (Lipinski definition) is 1. The molecule has 1 rings (SSSR count). The summed E-state index contributed by atoms with van der Waals surface area (Å²) in [6.45, 7) is 2.05. The number of hydrogen-bond donors (Lipinski definition) is 0. The molecule has 0 N–H and O–H groups in total. The molecule has 0 aromatic carbocycles. The zero-order valence-electron chi connectivity index (χ0n) is 9.04. The maximum absolute atomic E-state index is 11.6. The number of carbonyl (C=O) groups is 1. The highest BCUT2D eigenvalue weighted by atomic mass is 16.1. The number of rotatable bonds is 0. The van der Waals surface area contributed by atoms with Crippen LogP contribution in [0.4, 0.5) is 0 Å². The fraction of sp³-hybridized carbons (Fsp3) is 0.615. The molecule has 0 heterocycles. The number of allylic oxidation sites excluding steroid dienone is 4. The van der Waals surface area contributed by atoms with Crippen molar-refractivity contribution in [1.82, 2.24) is 0 Å². The van der Waals surface area contributed by atoms with Gasteiger partial charge in [-0.1, -0.05) is 31.2 Å². The fourth-order valence-corrected chi connectivity index (χ4v) is 1.64. The predicted molar refractivity (Wildman–Crippen MR) is 60.2 cm³/mol. The van der Waals surface area contributed by atoms with Crippen molar-refractivity contribution in [3.05, 3.63) is 24.3 Å². The van der Waals surface area contributed by atoms with E-state index in [0.29, 0.717) is 5.78 Å². The van der Waals surface area contributed by atoms with Gasteiger partial charge < -0.3 is 0 Å². The molecular weight excluding hydrogens is 172 g/mol. The van der Waals surface area contributed by atoms with Gasteiger partial charge in [-0.3, -0.25) is 4.79 Å². The number of Topliss-reactive ketones (excluding diaryl/α,β-unsaturated/α-hetero) is 1. The highest BCUT2D eigenvalue weighted by molar-refractivity contribution is 5.80. The Morgan fingerprint density at radius 2 is 1.57 bits per heavy atom. The van der Waals surface area contributed by atoms with Crippen molar-refractivity contribution in [3.8, 4) is 0 Å². The van der Waals surface area contributed by atoms with Gasteiger partial charge in [-0.25, -0.2) is 0 Å². The van der Waals surface area contributed by atoms with Crippen LogP contribution >= 0.6 is 0 Å². The maximum Gasteiger partial charge on any atom is 0.136 e. The van der Waals surface area contributed by atoms with Crippen molar-refractivity contribution >= 4 is 5.78 Å². The lowest BCUT2D eigenvalue weighted by Gasteiger charge is -2.08. The largest absolute Gasteiger partial charge is 0.299 e. The normalized spacial score (nSPS) is 30.1. The van der Waals surface area contributed by atoms with Gasteiger partial charge in [0, 0.05) is 12.3 Å². The third-order valence-corrected chi connectivity index (χ3v) is 2.71. The Morgan fingerprint density at radius 1 is 1.00 bits per heavy atom. The first kappa shape index (κ1) is 11.2. The lowest BCUT2D eigenvalue weighted by atomic mass is 9.96. The van der Waals surface area contributed by atoms with Crippen LogP contribution in [-0.2, 0) is 4.79 Å². The zero-order chi connectivity index (χ0) is 10.2. The first-order chi connectivity index (χ1) is 6.80. The molecule has 0 bridgehead atoms. The summed E-state index contributed by atoms with van der Waals surface area (Å²) in [7, 11) is 0. The minimum Gasteiger partial charge on any atom is -0.299 e. The highest BCUT2D eigenvalue weighted by Gasteiger charge is 2.10. The van der Waals surface area contributed by atoms with Crippen LogP contribution in [0.5, 0.6) is 0 Å². The van der Waals surface area contributed by atoms with Gasteiger partial charge >= 0.3 is 0 Å². The lowest BCUT2D eigenvalue weighted by Crippen LogP contribution is -2.09. The summed E-state index contributed by atoms with van der Waals surface area (Å²) in [4.78, 5) is 11.6. The van der Waals surface area contributed by atoms with E-state index in [9.17, 15) is 4.79 Å². The first-order valence-corrected chi connectivity index (χ1v) is 5.63. The van der Waals surface area contributed by atoms with Gasteiger partial charge in [0.1, 0.15) is 5.78 Å².